The van der Waals surface area contributed by atoms with Gasteiger partial charge in [-0.15, -0.1) is 10.2 Å². The van der Waals surface area contributed by atoms with Gasteiger partial charge in [0.2, 0.25) is 0 Å². The number of rotatable bonds is 5. The fourth-order valence-electron chi connectivity index (χ4n) is 3.86. The largest absolute Gasteiger partial charge is 0.231 e. The smallest absolute Gasteiger partial charge is 0.168 e. The fraction of sp³-hybridized carbons (Fsp3) is 0.115. The van der Waals surface area contributed by atoms with Gasteiger partial charge >= 0.3 is 0 Å². The second kappa shape index (κ2) is 9.51. The van der Waals surface area contributed by atoms with Crippen molar-refractivity contribution in [2.45, 2.75) is 19.8 Å². The lowest BCUT2D eigenvalue weighted by Gasteiger charge is -2.11. The molecular formula is C26H19Cl3N4S. The molecule has 4 nitrogen and oxygen atoms in total. The summed E-state index contributed by atoms with van der Waals surface area (Å²) in [6, 6.07) is 23.3. The highest BCUT2D eigenvalue weighted by molar-refractivity contribution is 7.14. The molecule has 0 saturated carbocycles. The number of benzene rings is 3. The zero-order valence-corrected chi connectivity index (χ0v) is 21.4. The maximum Gasteiger partial charge on any atom is 0.168 e. The fourth-order valence-corrected chi connectivity index (χ4v) is 5.44. The molecule has 0 aliphatic carbocycles. The van der Waals surface area contributed by atoms with E-state index in [1.807, 2.05) is 60.1 Å². The van der Waals surface area contributed by atoms with Crippen molar-refractivity contribution in [2.75, 3.05) is 0 Å². The van der Waals surface area contributed by atoms with Crippen LogP contribution in [0.25, 0.3) is 27.6 Å². The maximum atomic E-state index is 6.58. The third kappa shape index (κ3) is 4.37. The molecule has 5 rings (SSSR count). The Morgan fingerprint density at radius 2 is 1.56 bits per heavy atom. The van der Waals surface area contributed by atoms with E-state index in [2.05, 4.69) is 29.3 Å². The maximum absolute atomic E-state index is 6.58. The predicted octanol–water partition coefficient (Wildman–Crippen LogP) is 8.48. The minimum Gasteiger partial charge on any atom is -0.231 e. The topological polar surface area (TPSA) is 43.6 Å². The molecule has 34 heavy (non-hydrogen) atoms. The highest BCUT2D eigenvalue weighted by Gasteiger charge is 2.23. The van der Waals surface area contributed by atoms with Gasteiger partial charge in [-0.05, 0) is 42.8 Å². The van der Waals surface area contributed by atoms with Gasteiger partial charge in [0.25, 0.3) is 0 Å². The molecule has 2 aromatic heterocycles. The Balaban J connectivity index is 1.64. The standard InChI is InChI=1S/C26H19Cl3N4S/c1-15(17-6-4-3-5-7-17)25-30-31-26(34-25)23-16(2)24(18-8-10-19(27)11-9-18)33(32-23)22-13-12-20(28)14-21(22)29/h3-15H,1-2H3. The van der Waals surface area contributed by atoms with Crippen molar-refractivity contribution in [1.82, 2.24) is 20.0 Å². The average molecular weight is 526 g/mol. The Hall–Kier alpha value is -2.70. The van der Waals surface area contributed by atoms with E-state index < -0.39 is 0 Å². The molecule has 0 bridgehead atoms. The molecule has 0 saturated heterocycles. The Bertz CT molecular complexity index is 1460. The van der Waals surface area contributed by atoms with Crippen LogP contribution in [0.2, 0.25) is 15.1 Å². The van der Waals surface area contributed by atoms with Crippen LogP contribution in [0.5, 0.6) is 0 Å². The Kier molecular flexibility index (Phi) is 6.45. The lowest BCUT2D eigenvalue weighted by atomic mass is 10.0. The first kappa shape index (κ1) is 23.1. The molecule has 0 amide bonds. The molecule has 5 aromatic rings. The second-order valence-corrected chi connectivity index (χ2v) is 10.2. The van der Waals surface area contributed by atoms with Crippen molar-refractivity contribution >= 4 is 46.1 Å². The van der Waals surface area contributed by atoms with Crippen molar-refractivity contribution < 1.29 is 0 Å². The molecule has 2 heterocycles. The van der Waals surface area contributed by atoms with Gasteiger partial charge in [0.1, 0.15) is 10.7 Å². The molecular weight excluding hydrogens is 507 g/mol. The van der Waals surface area contributed by atoms with E-state index in [-0.39, 0.29) is 5.92 Å². The number of hydrogen-bond donors (Lipinski definition) is 0. The van der Waals surface area contributed by atoms with Crippen molar-refractivity contribution in [3.63, 3.8) is 0 Å². The summed E-state index contributed by atoms with van der Waals surface area (Å²) >= 11 is 20.4. The quantitative estimate of drug-likeness (QED) is 0.231. The lowest BCUT2D eigenvalue weighted by molar-refractivity contribution is 0.864. The monoisotopic (exact) mass is 524 g/mol. The van der Waals surface area contributed by atoms with Gasteiger partial charge in [-0.2, -0.15) is 5.10 Å². The Labute approximate surface area is 216 Å². The summed E-state index contributed by atoms with van der Waals surface area (Å²) in [5.41, 5.74) is 5.54. The van der Waals surface area contributed by atoms with Gasteiger partial charge in [-0.1, -0.05) is 95.5 Å². The normalized spacial score (nSPS) is 12.1. The molecule has 0 N–H and O–H groups in total. The van der Waals surface area contributed by atoms with E-state index in [0.717, 1.165) is 38.2 Å². The van der Waals surface area contributed by atoms with E-state index in [1.165, 1.54) is 5.56 Å². The average Bonchev–Trinajstić information content (AvgIpc) is 3.45. The van der Waals surface area contributed by atoms with Crippen LogP contribution in [-0.4, -0.2) is 20.0 Å². The molecule has 1 unspecified atom stereocenters. The Morgan fingerprint density at radius 3 is 2.26 bits per heavy atom. The third-order valence-corrected chi connectivity index (χ3v) is 7.59. The SMILES string of the molecule is Cc1c(-c2nnc(C(C)c3ccccc3)s2)nn(-c2ccc(Cl)cc2Cl)c1-c1ccc(Cl)cc1. The molecule has 0 spiro atoms. The third-order valence-electron chi connectivity index (χ3n) is 5.69. The van der Waals surface area contributed by atoms with Crippen molar-refractivity contribution in [1.29, 1.82) is 0 Å². The van der Waals surface area contributed by atoms with Crippen LogP contribution in [0.4, 0.5) is 0 Å². The predicted molar refractivity (Wildman–Crippen MR) is 142 cm³/mol. The number of nitrogens with zero attached hydrogens (tertiary/aromatic N) is 4. The molecule has 8 heteroatoms. The summed E-state index contributed by atoms with van der Waals surface area (Å²) in [5.74, 6) is 0.135. The van der Waals surface area contributed by atoms with Crippen LogP contribution in [-0.2, 0) is 0 Å². The van der Waals surface area contributed by atoms with Crippen LogP contribution >= 0.6 is 46.1 Å². The molecule has 0 radical (unpaired) electrons. The van der Waals surface area contributed by atoms with Gasteiger partial charge < -0.3 is 0 Å². The van der Waals surface area contributed by atoms with E-state index >= 15 is 0 Å². The minimum absolute atomic E-state index is 0.135. The summed E-state index contributed by atoms with van der Waals surface area (Å²) in [4.78, 5) is 0. The van der Waals surface area contributed by atoms with Crippen molar-refractivity contribution in [3.05, 3.63) is 104 Å². The molecule has 3 aromatic carbocycles. The van der Waals surface area contributed by atoms with Crippen LogP contribution in [0.15, 0.2) is 72.8 Å². The van der Waals surface area contributed by atoms with Crippen LogP contribution in [0, 0.1) is 6.92 Å². The van der Waals surface area contributed by atoms with Crippen LogP contribution in [0.1, 0.15) is 29.0 Å². The van der Waals surface area contributed by atoms with Gasteiger partial charge in [0, 0.05) is 27.1 Å². The van der Waals surface area contributed by atoms with E-state index in [9.17, 15) is 0 Å². The number of aromatic nitrogens is 4. The first-order chi connectivity index (χ1) is 16.4. The summed E-state index contributed by atoms with van der Waals surface area (Å²) in [7, 11) is 0. The first-order valence-corrected chi connectivity index (χ1v) is 12.6. The molecule has 0 aliphatic heterocycles. The van der Waals surface area contributed by atoms with Gasteiger partial charge in [0.05, 0.1) is 16.4 Å². The summed E-state index contributed by atoms with van der Waals surface area (Å²) in [6.45, 7) is 4.17. The van der Waals surface area contributed by atoms with Crippen LogP contribution in [0.3, 0.4) is 0 Å². The van der Waals surface area contributed by atoms with E-state index in [1.54, 1.807) is 23.5 Å². The zero-order valence-electron chi connectivity index (χ0n) is 18.3. The van der Waals surface area contributed by atoms with Gasteiger partial charge in [-0.25, -0.2) is 4.68 Å². The van der Waals surface area contributed by atoms with Crippen molar-refractivity contribution in [2.24, 2.45) is 0 Å². The first-order valence-electron chi connectivity index (χ1n) is 10.6. The van der Waals surface area contributed by atoms with Crippen LogP contribution < -0.4 is 0 Å². The highest BCUT2D eigenvalue weighted by Crippen LogP contribution is 2.38. The van der Waals surface area contributed by atoms with E-state index in [0.29, 0.717) is 15.1 Å². The summed E-state index contributed by atoms with van der Waals surface area (Å²) in [5, 5.41) is 17.4. The number of hydrogen-bond acceptors (Lipinski definition) is 4. The van der Waals surface area contributed by atoms with E-state index in [4.69, 9.17) is 39.9 Å². The second-order valence-electron chi connectivity index (χ2n) is 7.91. The minimum atomic E-state index is 0.135. The molecule has 0 aliphatic rings. The number of halogens is 3. The summed E-state index contributed by atoms with van der Waals surface area (Å²) in [6.07, 6.45) is 0. The van der Waals surface area contributed by atoms with Gasteiger partial charge in [0.15, 0.2) is 5.01 Å². The summed E-state index contributed by atoms with van der Waals surface area (Å²) < 4.78 is 1.84. The zero-order chi connectivity index (χ0) is 23.8. The highest BCUT2D eigenvalue weighted by atomic mass is 35.5. The molecule has 1 atom stereocenters. The van der Waals surface area contributed by atoms with Crippen molar-refractivity contribution in [3.8, 4) is 27.6 Å². The Morgan fingerprint density at radius 1 is 0.853 bits per heavy atom. The lowest BCUT2D eigenvalue weighted by Crippen LogP contribution is -2.00. The molecule has 170 valence electrons. The van der Waals surface area contributed by atoms with Gasteiger partial charge in [-0.3, -0.25) is 0 Å². The molecule has 0 fully saturated rings.